The lowest BCUT2D eigenvalue weighted by atomic mass is 10.2. The number of benzene rings is 2. The number of nitrogens with zero attached hydrogens (tertiary/aromatic N) is 1. The van der Waals surface area contributed by atoms with Gasteiger partial charge in [-0.15, -0.1) is 0 Å². The number of hydrazone groups is 1. The molecule has 2 aromatic rings. The molecule has 2 aromatic carbocycles. The molecule has 0 bridgehead atoms. The summed E-state index contributed by atoms with van der Waals surface area (Å²) >= 11 is 3.32. The molecule has 0 aliphatic heterocycles. The van der Waals surface area contributed by atoms with Crippen molar-refractivity contribution in [2.45, 2.75) is 13.8 Å². The van der Waals surface area contributed by atoms with Crippen LogP contribution in [0, 0.1) is 0 Å². The molecule has 2 rings (SSSR count). The molecule has 0 saturated heterocycles. The van der Waals surface area contributed by atoms with Gasteiger partial charge in [0.1, 0.15) is 17.2 Å². The van der Waals surface area contributed by atoms with Gasteiger partial charge in [-0.2, -0.15) is 5.10 Å². The molecule has 0 aromatic heterocycles. The van der Waals surface area contributed by atoms with Gasteiger partial charge in [0.05, 0.1) is 10.7 Å². The summed E-state index contributed by atoms with van der Waals surface area (Å²) < 4.78 is 16.1. The van der Waals surface area contributed by atoms with Gasteiger partial charge in [0.2, 0.25) is 0 Å². The van der Waals surface area contributed by atoms with Crippen molar-refractivity contribution in [1.29, 1.82) is 0 Å². The van der Waals surface area contributed by atoms with Crippen LogP contribution in [0.15, 0.2) is 52.0 Å². The molecule has 0 fully saturated rings. The molecule has 1 amide bonds. The number of halogens is 1. The van der Waals surface area contributed by atoms with Crippen molar-refractivity contribution in [3.05, 3.63) is 52.5 Å². The van der Waals surface area contributed by atoms with Crippen molar-refractivity contribution in [2.75, 3.05) is 6.61 Å². The third-order valence-corrected chi connectivity index (χ3v) is 3.74. The number of amides is 1. The Morgan fingerprint density at radius 2 is 1.75 bits per heavy atom. The van der Waals surface area contributed by atoms with Gasteiger partial charge >= 0.3 is 11.9 Å². The molecule has 8 nitrogen and oxygen atoms in total. The normalized spacial score (nSPS) is 10.4. The first-order valence-corrected chi connectivity index (χ1v) is 8.84. The van der Waals surface area contributed by atoms with Gasteiger partial charge in [0.15, 0.2) is 6.61 Å². The number of para-hydroxylation sites is 1. The Hall–Kier alpha value is -3.20. The van der Waals surface area contributed by atoms with E-state index in [2.05, 4.69) is 26.5 Å². The molecule has 28 heavy (non-hydrogen) atoms. The zero-order valence-electron chi connectivity index (χ0n) is 15.1. The fourth-order valence-corrected chi connectivity index (χ4v) is 2.40. The molecule has 146 valence electrons. The monoisotopic (exact) mass is 448 g/mol. The Kier molecular flexibility index (Phi) is 7.70. The summed E-state index contributed by atoms with van der Waals surface area (Å²) in [5.74, 6) is -0.661. The van der Waals surface area contributed by atoms with Crippen molar-refractivity contribution < 1.29 is 28.6 Å². The number of rotatable bonds is 7. The minimum Gasteiger partial charge on any atom is -0.483 e. The van der Waals surface area contributed by atoms with E-state index in [0.29, 0.717) is 11.3 Å². The number of carbonyl (C=O) groups is 3. The van der Waals surface area contributed by atoms with Crippen molar-refractivity contribution >= 4 is 40.0 Å². The predicted octanol–water partition coefficient (Wildman–Crippen LogP) is 2.83. The predicted molar refractivity (Wildman–Crippen MR) is 104 cm³/mol. The largest absolute Gasteiger partial charge is 0.483 e. The first-order valence-electron chi connectivity index (χ1n) is 8.05. The van der Waals surface area contributed by atoms with Gasteiger partial charge in [0.25, 0.3) is 5.91 Å². The van der Waals surface area contributed by atoms with Gasteiger partial charge in [-0.1, -0.05) is 12.1 Å². The molecule has 0 unspecified atom stereocenters. The Labute approximate surface area is 169 Å². The van der Waals surface area contributed by atoms with E-state index >= 15 is 0 Å². The van der Waals surface area contributed by atoms with E-state index in [4.69, 9.17) is 14.2 Å². The quantitative estimate of drug-likeness (QED) is 0.302. The standard InChI is InChI=1S/C19H17BrN2O6/c1-12(23)27-15-8-7-14(18(9-15)28-13(2)24)10-21-22-19(25)11-26-17-6-4-3-5-16(17)20/h3-10H,11H2,1-2H3,(H,22,25)/b21-10-. The fourth-order valence-electron chi connectivity index (χ4n) is 2.01. The Morgan fingerprint density at radius 1 is 1.04 bits per heavy atom. The summed E-state index contributed by atoms with van der Waals surface area (Å²) in [6.45, 7) is 2.26. The Morgan fingerprint density at radius 3 is 2.43 bits per heavy atom. The van der Waals surface area contributed by atoms with Crippen molar-refractivity contribution in [3.63, 3.8) is 0 Å². The molecule has 0 saturated carbocycles. The highest BCUT2D eigenvalue weighted by Gasteiger charge is 2.09. The van der Waals surface area contributed by atoms with Gasteiger partial charge in [0, 0.05) is 25.5 Å². The van der Waals surface area contributed by atoms with Crippen LogP contribution in [0.3, 0.4) is 0 Å². The van der Waals surface area contributed by atoms with Gasteiger partial charge < -0.3 is 14.2 Å². The molecular formula is C19H17BrN2O6. The second-order valence-corrected chi connectivity index (χ2v) is 6.25. The maximum atomic E-state index is 11.8. The first kappa shape index (κ1) is 21.1. The van der Waals surface area contributed by atoms with E-state index in [-0.39, 0.29) is 18.1 Å². The zero-order valence-corrected chi connectivity index (χ0v) is 16.7. The smallest absolute Gasteiger partial charge is 0.308 e. The van der Waals surface area contributed by atoms with Crippen LogP contribution in [0.5, 0.6) is 17.2 Å². The number of carbonyl (C=O) groups excluding carboxylic acids is 3. The highest BCUT2D eigenvalue weighted by molar-refractivity contribution is 9.10. The summed E-state index contributed by atoms with van der Waals surface area (Å²) in [4.78, 5) is 34.2. The summed E-state index contributed by atoms with van der Waals surface area (Å²) in [7, 11) is 0. The summed E-state index contributed by atoms with van der Waals surface area (Å²) in [6, 6.07) is 11.5. The summed E-state index contributed by atoms with van der Waals surface area (Å²) in [6.07, 6.45) is 1.30. The van der Waals surface area contributed by atoms with Crippen molar-refractivity contribution in [2.24, 2.45) is 5.10 Å². The minimum atomic E-state index is -0.555. The highest BCUT2D eigenvalue weighted by atomic mass is 79.9. The lowest BCUT2D eigenvalue weighted by Crippen LogP contribution is -2.24. The number of hydrogen-bond donors (Lipinski definition) is 1. The zero-order chi connectivity index (χ0) is 20.5. The van der Waals surface area contributed by atoms with E-state index in [1.165, 1.54) is 38.3 Å². The van der Waals surface area contributed by atoms with E-state index < -0.39 is 17.8 Å². The summed E-state index contributed by atoms with van der Waals surface area (Å²) in [5.41, 5.74) is 2.71. The number of esters is 2. The minimum absolute atomic E-state index is 0.133. The van der Waals surface area contributed by atoms with Crippen LogP contribution in [0.1, 0.15) is 19.4 Å². The topological polar surface area (TPSA) is 103 Å². The van der Waals surface area contributed by atoms with Crippen LogP contribution < -0.4 is 19.6 Å². The Balaban J connectivity index is 1.99. The molecule has 0 heterocycles. The van der Waals surface area contributed by atoms with Crippen molar-refractivity contribution in [1.82, 2.24) is 5.43 Å². The van der Waals surface area contributed by atoms with E-state index in [0.717, 1.165) is 4.47 Å². The third-order valence-electron chi connectivity index (χ3n) is 3.09. The molecule has 9 heteroatoms. The lowest BCUT2D eigenvalue weighted by molar-refractivity contribution is -0.132. The first-order chi connectivity index (χ1) is 13.3. The average Bonchev–Trinajstić information content (AvgIpc) is 2.62. The van der Waals surface area contributed by atoms with Crippen LogP contribution in [0.25, 0.3) is 0 Å². The second-order valence-electron chi connectivity index (χ2n) is 5.40. The average molecular weight is 449 g/mol. The Bertz CT molecular complexity index is 913. The van der Waals surface area contributed by atoms with Crippen LogP contribution in [-0.2, 0) is 14.4 Å². The van der Waals surface area contributed by atoms with Crippen LogP contribution in [-0.4, -0.2) is 30.7 Å². The van der Waals surface area contributed by atoms with E-state index in [1.54, 1.807) is 18.2 Å². The lowest BCUT2D eigenvalue weighted by Gasteiger charge is -2.08. The summed E-state index contributed by atoms with van der Waals surface area (Å²) in [5, 5.41) is 3.82. The molecule has 0 atom stereocenters. The number of nitrogens with one attached hydrogen (secondary N) is 1. The van der Waals surface area contributed by atoms with Crippen LogP contribution >= 0.6 is 15.9 Å². The van der Waals surface area contributed by atoms with Crippen molar-refractivity contribution in [3.8, 4) is 17.2 Å². The van der Waals surface area contributed by atoms with Gasteiger partial charge in [-0.25, -0.2) is 5.43 Å². The molecule has 0 aliphatic rings. The van der Waals surface area contributed by atoms with E-state index in [9.17, 15) is 14.4 Å². The molecule has 0 spiro atoms. The third kappa shape index (κ3) is 6.84. The molecular weight excluding hydrogens is 432 g/mol. The van der Waals surface area contributed by atoms with Crippen LogP contribution in [0.2, 0.25) is 0 Å². The maximum absolute atomic E-state index is 11.8. The van der Waals surface area contributed by atoms with Crippen LogP contribution in [0.4, 0.5) is 0 Å². The molecule has 0 aliphatic carbocycles. The number of ether oxygens (including phenoxy) is 3. The van der Waals surface area contributed by atoms with Gasteiger partial charge in [-0.3, -0.25) is 14.4 Å². The SMILES string of the molecule is CC(=O)Oc1ccc(/C=N\NC(=O)COc2ccccc2Br)c(OC(C)=O)c1. The second kappa shape index (κ2) is 10.2. The van der Waals surface area contributed by atoms with E-state index in [1.807, 2.05) is 6.07 Å². The number of hydrogen-bond acceptors (Lipinski definition) is 7. The highest BCUT2D eigenvalue weighted by Crippen LogP contribution is 2.25. The molecule has 1 N–H and O–H groups in total. The van der Waals surface area contributed by atoms with Gasteiger partial charge in [-0.05, 0) is 40.2 Å². The molecule has 0 radical (unpaired) electrons. The fraction of sp³-hybridized carbons (Fsp3) is 0.158. The maximum Gasteiger partial charge on any atom is 0.308 e.